The first-order valence-corrected chi connectivity index (χ1v) is 6.62. The lowest BCUT2D eigenvalue weighted by atomic mass is 10.3. The number of nitriles is 1. The molecule has 1 heterocycles. The van der Waals surface area contributed by atoms with Crippen LogP contribution in [0.25, 0.3) is 0 Å². The highest BCUT2D eigenvalue weighted by Crippen LogP contribution is 2.44. The van der Waals surface area contributed by atoms with E-state index in [1.165, 1.54) is 11.3 Å². The topological polar surface area (TPSA) is 62.3 Å². The Morgan fingerprint density at radius 1 is 1.35 bits per heavy atom. The molecular weight excluding hydrogens is 234 g/mol. The second-order valence-electron chi connectivity index (χ2n) is 3.78. The van der Waals surface area contributed by atoms with Crippen LogP contribution in [0.4, 0.5) is 10.7 Å². The predicted octanol–water partition coefficient (Wildman–Crippen LogP) is 2.84. The molecule has 0 atom stereocenters. The van der Waals surface area contributed by atoms with Crippen LogP contribution in [0.2, 0.25) is 0 Å². The molecule has 17 heavy (non-hydrogen) atoms. The van der Waals surface area contributed by atoms with E-state index in [-0.39, 0.29) is 0 Å². The van der Waals surface area contributed by atoms with Crippen LogP contribution in [-0.2, 0) is 0 Å². The molecule has 5 heteroatoms. The Morgan fingerprint density at radius 3 is 2.35 bits per heavy atom. The van der Waals surface area contributed by atoms with Crippen molar-refractivity contribution >= 4 is 22.0 Å². The average Bonchev–Trinajstić information content (AvgIpc) is 2.65. The van der Waals surface area contributed by atoms with E-state index in [4.69, 9.17) is 15.7 Å². The fraction of sp³-hybridized carbons (Fsp3) is 0.583. The highest BCUT2D eigenvalue weighted by atomic mass is 32.1. The molecule has 0 aromatic carbocycles. The number of hydrogen-bond donors (Lipinski definition) is 1. The minimum Gasteiger partial charge on any atom is -0.492 e. The van der Waals surface area contributed by atoms with Crippen molar-refractivity contribution in [2.24, 2.45) is 0 Å². The first-order valence-electron chi connectivity index (χ1n) is 5.80. The van der Waals surface area contributed by atoms with Gasteiger partial charge in [0.15, 0.2) is 5.75 Å². The number of rotatable bonds is 6. The van der Waals surface area contributed by atoms with E-state index in [0.29, 0.717) is 16.3 Å². The van der Waals surface area contributed by atoms with Crippen LogP contribution in [0.1, 0.15) is 31.6 Å². The van der Waals surface area contributed by atoms with E-state index in [1.807, 2.05) is 0 Å². The van der Waals surface area contributed by atoms with Crippen molar-refractivity contribution in [1.29, 1.82) is 5.26 Å². The van der Waals surface area contributed by atoms with E-state index in [9.17, 15) is 0 Å². The van der Waals surface area contributed by atoms with Crippen LogP contribution < -0.4 is 15.4 Å². The molecule has 94 valence electrons. The second-order valence-corrected chi connectivity index (χ2v) is 4.78. The molecule has 0 bridgehead atoms. The molecular formula is C12H19N3OS. The summed E-state index contributed by atoms with van der Waals surface area (Å²) in [6, 6.07) is 2.12. The third-order valence-corrected chi connectivity index (χ3v) is 3.61. The van der Waals surface area contributed by atoms with E-state index in [0.717, 1.165) is 30.9 Å². The molecule has 0 fully saturated rings. The number of nitrogen functional groups attached to an aromatic ring is 1. The molecule has 0 saturated heterocycles. The van der Waals surface area contributed by atoms with E-state index >= 15 is 0 Å². The van der Waals surface area contributed by atoms with E-state index in [2.05, 4.69) is 24.8 Å². The van der Waals surface area contributed by atoms with Crippen molar-refractivity contribution in [3.05, 3.63) is 4.88 Å². The lowest BCUT2D eigenvalue weighted by Crippen LogP contribution is -2.24. The molecule has 1 aromatic heterocycles. The Labute approximate surface area is 107 Å². The second kappa shape index (κ2) is 6.36. The van der Waals surface area contributed by atoms with Crippen LogP contribution in [0.5, 0.6) is 5.75 Å². The molecule has 0 saturated carbocycles. The number of anilines is 2. The fourth-order valence-electron chi connectivity index (χ4n) is 1.76. The number of methoxy groups -OCH3 is 1. The molecule has 0 aliphatic rings. The zero-order valence-corrected chi connectivity index (χ0v) is 11.4. The molecule has 0 aliphatic heterocycles. The van der Waals surface area contributed by atoms with Gasteiger partial charge in [-0.05, 0) is 12.8 Å². The van der Waals surface area contributed by atoms with Crippen molar-refractivity contribution in [1.82, 2.24) is 0 Å². The van der Waals surface area contributed by atoms with Crippen LogP contribution in [-0.4, -0.2) is 20.2 Å². The van der Waals surface area contributed by atoms with Crippen molar-refractivity contribution in [2.45, 2.75) is 26.7 Å². The Balaban J connectivity index is 3.13. The third-order valence-electron chi connectivity index (χ3n) is 2.46. The summed E-state index contributed by atoms with van der Waals surface area (Å²) in [6.07, 6.45) is 2.12. The number of nitrogens with zero attached hydrogens (tertiary/aromatic N) is 2. The Morgan fingerprint density at radius 2 is 1.94 bits per heavy atom. The van der Waals surface area contributed by atoms with Crippen LogP contribution in [0.3, 0.4) is 0 Å². The summed E-state index contributed by atoms with van der Waals surface area (Å²) in [7, 11) is 1.60. The maximum atomic E-state index is 9.00. The SMILES string of the molecule is CCCN(CCC)c1sc(C#N)c(N)c1OC. The highest BCUT2D eigenvalue weighted by molar-refractivity contribution is 7.17. The van der Waals surface area contributed by atoms with E-state index in [1.54, 1.807) is 7.11 Å². The first kappa shape index (κ1) is 13.7. The number of nitrogens with two attached hydrogens (primary N) is 1. The van der Waals surface area contributed by atoms with Gasteiger partial charge in [0.25, 0.3) is 0 Å². The standard InChI is InChI=1S/C12H19N3OS/c1-4-6-15(7-5-2)12-11(16-3)10(14)9(8-13)17-12/h4-7,14H2,1-3H3. The summed E-state index contributed by atoms with van der Waals surface area (Å²) in [4.78, 5) is 2.77. The maximum Gasteiger partial charge on any atom is 0.177 e. The smallest absolute Gasteiger partial charge is 0.177 e. The van der Waals surface area contributed by atoms with Crippen molar-refractivity contribution in [3.63, 3.8) is 0 Å². The Hall–Kier alpha value is -1.41. The quantitative estimate of drug-likeness (QED) is 0.846. The van der Waals surface area contributed by atoms with Gasteiger partial charge < -0.3 is 15.4 Å². The summed E-state index contributed by atoms with van der Waals surface area (Å²) >= 11 is 1.41. The highest BCUT2D eigenvalue weighted by Gasteiger charge is 2.20. The van der Waals surface area contributed by atoms with Gasteiger partial charge in [0.2, 0.25) is 0 Å². The average molecular weight is 253 g/mol. The number of ether oxygens (including phenoxy) is 1. The number of hydrogen-bond acceptors (Lipinski definition) is 5. The van der Waals surface area contributed by atoms with Gasteiger partial charge in [-0.3, -0.25) is 0 Å². The van der Waals surface area contributed by atoms with Gasteiger partial charge in [0.1, 0.15) is 21.6 Å². The number of thiophene rings is 1. The summed E-state index contributed by atoms with van der Waals surface area (Å²) in [5, 5.41) is 9.98. The van der Waals surface area contributed by atoms with Gasteiger partial charge in [-0.25, -0.2) is 0 Å². The minimum atomic E-state index is 0.465. The molecule has 0 amide bonds. The van der Waals surface area contributed by atoms with Gasteiger partial charge >= 0.3 is 0 Å². The fourth-order valence-corrected chi connectivity index (χ4v) is 2.80. The van der Waals surface area contributed by atoms with Crippen molar-refractivity contribution in [2.75, 3.05) is 30.8 Å². The first-order chi connectivity index (χ1) is 8.19. The molecule has 0 unspecified atom stereocenters. The normalized spacial score (nSPS) is 10.0. The summed E-state index contributed by atoms with van der Waals surface area (Å²) < 4.78 is 5.32. The van der Waals surface area contributed by atoms with Gasteiger partial charge in [-0.1, -0.05) is 13.8 Å². The van der Waals surface area contributed by atoms with E-state index < -0.39 is 0 Å². The molecule has 1 rings (SSSR count). The zero-order valence-electron chi connectivity index (χ0n) is 10.6. The molecule has 2 N–H and O–H groups in total. The lowest BCUT2D eigenvalue weighted by Gasteiger charge is -2.22. The van der Waals surface area contributed by atoms with Crippen LogP contribution in [0, 0.1) is 11.3 Å². The van der Waals surface area contributed by atoms with Crippen molar-refractivity contribution in [3.8, 4) is 11.8 Å². The molecule has 0 radical (unpaired) electrons. The molecule has 0 aliphatic carbocycles. The van der Waals surface area contributed by atoms with Crippen LogP contribution in [0.15, 0.2) is 0 Å². The Kier molecular flexibility index (Phi) is 5.11. The summed E-state index contributed by atoms with van der Waals surface area (Å²) in [6.45, 7) is 6.18. The monoisotopic (exact) mass is 253 g/mol. The summed E-state index contributed by atoms with van der Waals surface area (Å²) in [5.41, 5.74) is 6.36. The molecule has 4 nitrogen and oxygen atoms in total. The zero-order chi connectivity index (χ0) is 12.8. The third kappa shape index (κ3) is 2.83. The molecule has 0 spiro atoms. The maximum absolute atomic E-state index is 9.00. The predicted molar refractivity (Wildman–Crippen MR) is 72.8 cm³/mol. The minimum absolute atomic E-state index is 0.465. The van der Waals surface area contributed by atoms with Crippen molar-refractivity contribution < 1.29 is 4.74 Å². The van der Waals surface area contributed by atoms with Gasteiger partial charge in [0, 0.05) is 13.1 Å². The summed E-state index contributed by atoms with van der Waals surface area (Å²) in [5.74, 6) is 0.647. The largest absolute Gasteiger partial charge is 0.492 e. The van der Waals surface area contributed by atoms with Gasteiger partial charge in [0.05, 0.1) is 7.11 Å². The lowest BCUT2D eigenvalue weighted by molar-refractivity contribution is 0.418. The molecule has 1 aromatic rings. The van der Waals surface area contributed by atoms with Crippen LogP contribution >= 0.6 is 11.3 Å². The van der Waals surface area contributed by atoms with Gasteiger partial charge in [-0.2, -0.15) is 5.26 Å². The Bertz CT molecular complexity index is 403. The van der Waals surface area contributed by atoms with Gasteiger partial charge in [-0.15, -0.1) is 11.3 Å².